The van der Waals surface area contributed by atoms with E-state index in [1.165, 1.54) is 18.2 Å². The molecule has 0 aliphatic rings. The highest BCUT2D eigenvalue weighted by molar-refractivity contribution is 5.92. The Kier molecular flexibility index (Phi) is 2.24. The van der Waals surface area contributed by atoms with Crippen LogP contribution < -0.4 is 5.73 Å². The fourth-order valence-electron chi connectivity index (χ4n) is 0.846. The first-order valence-electron chi connectivity index (χ1n) is 3.37. The molecule has 1 aromatic rings. The van der Waals surface area contributed by atoms with Gasteiger partial charge in [-0.05, 0) is 12.1 Å². The summed E-state index contributed by atoms with van der Waals surface area (Å²) in [6.45, 7) is 3.41. The van der Waals surface area contributed by atoms with Crippen LogP contribution in [0, 0.1) is 5.82 Å². The Bertz CT molecular complexity index is 333. The van der Waals surface area contributed by atoms with Crippen LogP contribution in [0.4, 0.5) is 4.39 Å². The van der Waals surface area contributed by atoms with Crippen LogP contribution in [0.1, 0.15) is 15.9 Å². The van der Waals surface area contributed by atoms with Crippen molar-refractivity contribution in [3.8, 4) is 0 Å². The molecule has 0 unspecified atom stereocenters. The lowest BCUT2D eigenvalue weighted by molar-refractivity contribution is 0.1000. The van der Waals surface area contributed by atoms with Crippen LogP contribution in [0.15, 0.2) is 24.8 Å². The number of hydrogen-bond acceptors (Lipinski definition) is 1. The van der Waals surface area contributed by atoms with Gasteiger partial charge < -0.3 is 5.73 Å². The molecule has 0 aliphatic carbocycles. The van der Waals surface area contributed by atoms with Gasteiger partial charge in [0.25, 0.3) is 0 Å². The normalized spacial score (nSPS) is 9.42. The summed E-state index contributed by atoms with van der Waals surface area (Å²) in [6, 6.07) is 4.02. The molecule has 0 spiro atoms. The SMILES string of the molecule is C=Cc1ccc(C(N)=O)cc1F. The molecule has 2 nitrogen and oxygen atoms in total. The van der Waals surface area contributed by atoms with Crippen molar-refractivity contribution in [1.29, 1.82) is 0 Å². The van der Waals surface area contributed by atoms with E-state index in [2.05, 4.69) is 6.58 Å². The fourth-order valence-corrected chi connectivity index (χ4v) is 0.846. The van der Waals surface area contributed by atoms with Crippen molar-refractivity contribution >= 4 is 12.0 Å². The second-order valence-electron chi connectivity index (χ2n) is 2.30. The molecule has 0 aromatic heterocycles. The van der Waals surface area contributed by atoms with Gasteiger partial charge in [-0.3, -0.25) is 4.79 Å². The van der Waals surface area contributed by atoms with Crippen molar-refractivity contribution in [1.82, 2.24) is 0 Å². The van der Waals surface area contributed by atoms with Gasteiger partial charge in [0.05, 0.1) is 0 Å². The minimum atomic E-state index is -0.635. The van der Waals surface area contributed by atoms with Crippen LogP contribution in [0.3, 0.4) is 0 Å². The molecule has 0 atom stereocenters. The first-order valence-corrected chi connectivity index (χ1v) is 3.37. The molecule has 0 heterocycles. The summed E-state index contributed by atoms with van der Waals surface area (Å²) in [4.78, 5) is 10.6. The van der Waals surface area contributed by atoms with E-state index >= 15 is 0 Å². The lowest BCUT2D eigenvalue weighted by Crippen LogP contribution is -2.11. The Balaban J connectivity index is 3.18. The number of primary amides is 1. The Morgan fingerprint density at radius 2 is 2.25 bits per heavy atom. The molecule has 1 aromatic carbocycles. The largest absolute Gasteiger partial charge is 0.366 e. The molecule has 62 valence electrons. The van der Waals surface area contributed by atoms with E-state index in [4.69, 9.17) is 5.73 Å². The standard InChI is InChI=1S/C9H8FNO/c1-2-6-3-4-7(9(11)12)5-8(6)10/h2-5H,1H2,(H2,11,12). The maximum Gasteiger partial charge on any atom is 0.248 e. The second kappa shape index (κ2) is 3.17. The smallest absolute Gasteiger partial charge is 0.248 e. The highest BCUT2D eigenvalue weighted by atomic mass is 19.1. The lowest BCUT2D eigenvalue weighted by atomic mass is 10.1. The molecule has 0 saturated heterocycles. The molecule has 3 heteroatoms. The monoisotopic (exact) mass is 165 g/mol. The van der Waals surface area contributed by atoms with E-state index in [0.717, 1.165) is 6.07 Å². The van der Waals surface area contributed by atoms with Crippen molar-refractivity contribution in [2.24, 2.45) is 5.73 Å². The molecule has 0 fully saturated rings. The van der Waals surface area contributed by atoms with E-state index in [-0.39, 0.29) is 5.56 Å². The van der Waals surface area contributed by atoms with Crippen molar-refractivity contribution in [2.45, 2.75) is 0 Å². The van der Waals surface area contributed by atoms with Gasteiger partial charge in [-0.2, -0.15) is 0 Å². The number of carbonyl (C=O) groups is 1. The van der Waals surface area contributed by atoms with Crippen molar-refractivity contribution in [3.05, 3.63) is 41.7 Å². The molecule has 1 amide bonds. The summed E-state index contributed by atoms with van der Waals surface area (Å²) in [5, 5.41) is 0. The molecule has 0 saturated carbocycles. The molecule has 0 bridgehead atoms. The zero-order chi connectivity index (χ0) is 9.14. The Morgan fingerprint density at radius 1 is 1.58 bits per heavy atom. The third kappa shape index (κ3) is 1.50. The van der Waals surface area contributed by atoms with Crippen molar-refractivity contribution in [3.63, 3.8) is 0 Å². The van der Waals surface area contributed by atoms with Crippen LogP contribution in [-0.2, 0) is 0 Å². The summed E-state index contributed by atoms with van der Waals surface area (Å²) in [6.07, 6.45) is 1.38. The van der Waals surface area contributed by atoms with E-state index in [1.54, 1.807) is 0 Å². The maximum atomic E-state index is 12.9. The molecule has 1 rings (SSSR count). The molecular weight excluding hydrogens is 157 g/mol. The first kappa shape index (κ1) is 8.46. The number of carbonyl (C=O) groups excluding carboxylic acids is 1. The highest BCUT2D eigenvalue weighted by Gasteiger charge is 2.03. The van der Waals surface area contributed by atoms with Crippen molar-refractivity contribution < 1.29 is 9.18 Å². The van der Waals surface area contributed by atoms with Crippen molar-refractivity contribution in [2.75, 3.05) is 0 Å². The fraction of sp³-hybridized carbons (Fsp3) is 0. The molecular formula is C9H8FNO. The number of rotatable bonds is 2. The lowest BCUT2D eigenvalue weighted by Gasteiger charge is -1.98. The third-order valence-corrected chi connectivity index (χ3v) is 1.50. The van der Waals surface area contributed by atoms with Gasteiger partial charge in [-0.25, -0.2) is 4.39 Å². The minimum Gasteiger partial charge on any atom is -0.366 e. The summed E-state index contributed by atoms with van der Waals surface area (Å²) >= 11 is 0. The third-order valence-electron chi connectivity index (χ3n) is 1.50. The molecule has 0 aliphatic heterocycles. The van der Waals surface area contributed by atoms with E-state index in [1.807, 2.05) is 0 Å². The second-order valence-corrected chi connectivity index (χ2v) is 2.30. The predicted octanol–water partition coefficient (Wildman–Crippen LogP) is 1.57. The average molecular weight is 165 g/mol. The Morgan fingerprint density at radius 3 is 2.67 bits per heavy atom. The van der Waals surface area contributed by atoms with E-state index in [9.17, 15) is 9.18 Å². The Hall–Kier alpha value is -1.64. The average Bonchev–Trinajstić information content (AvgIpc) is 2.04. The highest BCUT2D eigenvalue weighted by Crippen LogP contribution is 2.10. The summed E-state index contributed by atoms with van der Waals surface area (Å²) in [5.41, 5.74) is 5.47. The van der Waals surface area contributed by atoms with Crippen LogP contribution in [0.25, 0.3) is 6.08 Å². The summed E-state index contributed by atoms with van der Waals surface area (Å²) < 4.78 is 12.9. The van der Waals surface area contributed by atoms with Crippen LogP contribution >= 0.6 is 0 Å². The van der Waals surface area contributed by atoms with Gasteiger partial charge in [0.15, 0.2) is 0 Å². The Labute approximate surface area is 69.5 Å². The van der Waals surface area contributed by atoms with E-state index in [0.29, 0.717) is 5.56 Å². The van der Waals surface area contributed by atoms with Gasteiger partial charge in [0, 0.05) is 11.1 Å². The minimum absolute atomic E-state index is 0.165. The van der Waals surface area contributed by atoms with Gasteiger partial charge in [-0.1, -0.05) is 18.7 Å². The van der Waals surface area contributed by atoms with Crippen LogP contribution in [0.2, 0.25) is 0 Å². The number of nitrogens with two attached hydrogens (primary N) is 1. The zero-order valence-corrected chi connectivity index (χ0v) is 6.38. The van der Waals surface area contributed by atoms with E-state index < -0.39 is 11.7 Å². The first-order chi connectivity index (χ1) is 5.65. The topological polar surface area (TPSA) is 43.1 Å². The van der Waals surface area contributed by atoms with Gasteiger partial charge in [0.2, 0.25) is 5.91 Å². The van der Waals surface area contributed by atoms with Crippen LogP contribution in [-0.4, -0.2) is 5.91 Å². The number of benzene rings is 1. The molecule has 2 N–H and O–H groups in total. The number of amides is 1. The predicted molar refractivity (Wildman–Crippen MR) is 45.0 cm³/mol. The quantitative estimate of drug-likeness (QED) is 0.710. The molecule has 12 heavy (non-hydrogen) atoms. The maximum absolute atomic E-state index is 12.9. The summed E-state index contributed by atoms with van der Waals surface area (Å²) in [5.74, 6) is -1.12. The molecule has 0 radical (unpaired) electrons. The zero-order valence-electron chi connectivity index (χ0n) is 6.38. The van der Waals surface area contributed by atoms with Crippen LogP contribution in [0.5, 0.6) is 0 Å². The van der Waals surface area contributed by atoms with Gasteiger partial charge >= 0.3 is 0 Å². The number of halogens is 1. The van der Waals surface area contributed by atoms with Gasteiger partial charge in [0.1, 0.15) is 5.82 Å². The summed E-state index contributed by atoms with van der Waals surface area (Å²) in [7, 11) is 0. The van der Waals surface area contributed by atoms with Gasteiger partial charge in [-0.15, -0.1) is 0 Å². The number of hydrogen-bond donors (Lipinski definition) is 1.